The lowest BCUT2D eigenvalue weighted by Gasteiger charge is -2.06. The van der Waals surface area contributed by atoms with Crippen LogP contribution in [0.15, 0.2) is 58.5 Å². The molecule has 4 nitrogen and oxygen atoms in total. The Labute approximate surface area is 139 Å². The molecule has 120 valence electrons. The van der Waals surface area contributed by atoms with Crippen molar-refractivity contribution in [3.05, 3.63) is 65.2 Å². The summed E-state index contributed by atoms with van der Waals surface area (Å²) in [5.41, 5.74) is 4.25. The lowest BCUT2D eigenvalue weighted by atomic mass is 10.1. The highest BCUT2D eigenvalue weighted by Gasteiger charge is 2.14. The highest BCUT2D eigenvalue weighted by molar-refractivity contribution is 5.89. The van der Waals surface area contributed by atoms with Gasteiger partial charge in [0.1, 0.15) is 23.7 Å². The smallest absolute Gasteiger partial charge is 0.335 e. The summed E-state index contributed by atoms with van der Waals surface area (Å²) < 4.78 is 11.8. The van der Waals surface area contributed by atoms with Crippen LogP contribution in [0.3, 0.4) is 0 Å². The van der Waals surface area contributed by atoms with Gasteiger partial charge in [0.2, 0.25) is 0 Å². The van der Waals surface area contributed by atoms with E-state index in [0.717, 1.165) is 34.3 Å². The molecular formula is C20H16O4. The summed E-state index contributed by atoms with van der Waals surface area (Å²) in [4.78, 5) is 10.9. The number of ether oxygens (including phenoxy) is 1. The van der Waals surface area contributed by atoms with Crippen LogP contribution in [-0.2, 0) is 6.42 Å². The van der Waals surface area contributed by atoms with E-state index in [-0.39, 0.29) is 5.56 Å². The molecule has 24 heavy (non-hydrogen) atoms. The number of fused-ring (bicyclic) bond motifs is 2. The van der Waals surface area contributed by atoms with Gasteiger partial charge in [0.25, 0.3) is 0 Å². The van der Waals surface area contributed by atoms with Crippen molar-refractivity contribution in [2.75, 3.05) is 6.61 Å². The van der Waals surface area contributed by atoms with Crippen LogP contribution in [-0.4, -0.2) is 17.7 Å². The van der Waals surface area contributed by atoms with E-state index in [2.05, 4.69) is 19.1 Å². The van der Waals surface area contributed by atoms with Crippen molar-refractivity contribution in [2.24, 2.45) is 0 Å². The van der Waals surface area contributed by atoms with Gasteiger partial charge in [-0.3, -0.25) is 0 Å². The molecule has 0 unspecified atom stereocenters. The minimum Gasteiger partial charge on any atom is -0.489 e. The lowest BCUT2D eigenvalue weighted by Crippen LogP contribution is -1.97. The van der Waals surface area contributed by atoms with Crippen LogP contribution in [0.2, 0.25) is 0 Å². The minimum absolute atomic E-state index is 0.261. The molecule has 1 N–H and O–H groups in total. The zero-order valence-electron chi connectivity index (χ0n) is 13.2. The summed E-state index contributed by atoms with van der Waals surface area (Å²) in [5, 5.41) is 10.00. The number of carboxylic acids is 1. The molecule has 1 aliphatic heterocycles. The zero-order valence-corrected chi connectivity index (χ0v) is 13.2. The van der Waals surface area contributed by atoms with E-state index < -0.39 is 5.97 Å². The van der Waals surface area contributed by atoms with Gasteiger partial charge >= 0.3 is 5.97 Å². The van der Waals surface area contributed by atoms with Gasteiger partial charge in [-0.15, -0.1) is 0 Å². The van der Waals surface area contributed by atoms with Gasteiger partial charge in [-0.1, -0.05) is 18.2 Å². The molecule has 0 aliphatic carbocycles. The summed E-state index contributed by atoms with van der Waals surface area (Å²) in [6, 6.07) is 12.7. The number of carboxylic acid groups (broad SMARTS) is 1. The van der Waals surface area contributed by atoms with Crippen molar-refractivity contribution in [3.63, 3.8) is 0 Å². The topological polar surface area (TPSA) is 59.7 Å². The van der Waals surface area contributed by atoms with E-state index >= 15 is 0 Å². The summed E-state index contributed by atoms with van der Waals surface area (Å²) in [7, 11) is 0. The number of aromatic carboxylic acids is 1. The molecule has 0 fully saturated rings. The molecule has 2 heterocycles. The van der Waals surface area contributed by atoms with Crippen LogP contribution in [0, 0.1) is 0 Å². The monoisotopic (exact) mass is 320 g/mol. The molecule has 0 saturated carbocycles. The Morgan fingerprint density at radius 1 is 1.12 bits per heavy atom. The summed E-state index contributed by atoms with van der Waals surface area (Å²) >= 11 is 0. The second-order valence-corrected chi connectivity index (χ2v) is 6.03. The Hall–Kier alpha value is -3.01. The van der Waals surface area contributed by atoms with Gasteiger partial charge in [-0.2, -0.15) is 0 Å². The number of benzene rings is 2. The highest BCUT2D eigenvalue weighted by Crippen LogP contribution is 2.34. The van der Waals surface area contributed by atoms with Crippen molar-refractivity contribution >= 4 is 16.9 Å². The Kier molecular flexibility index (Phi) is 3.38. The molecule has 2 aromatic carbocycles. The standard InChI is InChI=1S/C20H16O4/c1-12-2-3-15-8-16-9-18(24-19(16)10-17(15)23-11-12)13-4-6-14(7-5-13)20(21)22/h2,4-10H,3,11H2,1H3,(H,21,22). The van der Waals surface area contributed by atoms with Gasteiger partial charge in [0.15, 0.2) is 0 Å². The van der Waals surface area contributed by atoms with Crippen molar-refractivity contribution in [1.82, 2.24) is 0 Å². The Morgan fingerprint density at radius 3 is 2.67 bits per heavy atom. The molecule has 1 aromatic heterocycles. The van der Waals surface area contributed by atoms with Gasteiger partial charge in [0.05, 0.1) is 5.56 Å². The van der Waals surface area contributed by atoms with Gasteiger partial charge in [-0.25, -0.2) is 4.79 Å². The van der Waals surface area contributed by atoms with E-state index in [1.54, 1.807) is 24.3 Å². The number of hydrogen-bond donors (Lipinski definition) is 1. The highest BCUT2D eigenvalue weighted by atomic mass is 16.5. The average Bonchev–Trinajstić information content (AvgIpc) is 2.91. The maximum atomic E-state index is 10.9. The fraction of sp³-hybridized carbons (Fsp3) is 0.150. The fourth-order valence-corrected chi connectivity index (χ4v) is 2.86. The van der Waals surface area contributed by atoms with E-state index in [0.29, 0.717) is 12.4 Å². The maximum Gasteiger partial charge on any atom is 0.335 e. The Balaban J connectivity index is 1.74. The molecular weight excluding hydrogens is 304 g/mol. The number of hydrogen-bond acceptors (Lipinski definition) is 3. The van der Waals surface area contributed by atoms with Crippen LogP contribution < -0.4 is 4.74 Å². The van der Waals surface area contributed by atoms with Crippen LogP contribution in [0.4, 0.5) is 0 Å². The fourth-order valence-electron chi connectivity index (χ4n) is 2.86. The van der Waals surface area contributed by atoms with Crippen LogP contribution in [0.5, 0.6) is 5.75 Å². The van der Waals surface area contributed by atoms with E-state index in [4.69, 9.17) is 14.3 Å². The van der Waals surface area contributed by atoms with E-state index in [9.17, 15) is 4.79 Å². The number of furan rings is 1. The predicted molar refractivity (Wildman–Crippen MR) is 91.6 cm³/mol. The first kappa shape index (κ1) is 14.6. The minimum atomic E-state index is -0.935. The number of allylic oxidation sites excluding steroid dienone is 1. The van der Waals surface area contributed by atoms with E-state index in [1.807, 2.05) is 12.1 Å². The molecule has 0 saturated heterocycles. The first-order chi connectivity index (χ1) is 11.6. The average molecular weight is 320 g/mol. The second kappa shape index (κ2) is 5.57. The SMILES string of the molecule is CC1=CCc2cc3cc(-c4ccc(C(=O)O)cc4)oc3cc2OC1. The molecule has 3 aromatic rings. The molecule has 1 aliphatic rings. The van der Waals surface area contributed by atoms with Crippen LogP contribution in [0.25, 0.3) is 22.3 Å². The Bertz CT molecular complexity index is 961. The molecule has 0 amide bonds. The summed E-state index contributed by atoms with van der Waals surface area (Å²) in [5.74, 6) is 0.641. The normalized spacial score (nSPS) is 13.8. The molecule has 0 spiro atoms. The summed E-state index contributed by atoms with van der Waals surface area (Å²) in [6.45, 7) is 2.66. The summed E-state index contributed by atoms with van der Waals surface area (Å²) in [6.07, 6.45) is 3.04. The van der Waals surface area contributed by atoms with Crippen molar-refractivity contribution < 1.29 is 19.1 Å². The third-order valence-corrected chi connectivity index (χ3v) is 4.24. The van der Waals surface area contributed by atoms with Crippen LogP contribution in [0.1, 0.15) is 22.8 Å². The van der Waals surface area contributed by atoms with Crippen molar-refractivity contribution in [3.8, 4) is 17.1 Å². The van der Waals surface area contributed by atoms with Gasteiger partial charge in [0, 0.05) is 17.0 Å². The Morgan fingerprint density at radius 2 is 1.92 bits per heavy atom. The lowest BCUT2D eigenvalue weighted by molar-refractivity contribution is 0.0697. The maximum absolute atomic E-state index is 10.9. The molecule has 4 heteroatoms. The molecule has 0 bridgehead atoms. The first-order valence-electron chi connectivity index (χ1n) is 7.79. The third-order valence-electron chi connectivity index (χ3n) is 4.24. The van der Waals surface area contributed by atoms with Crippen LogP contribution >= 0.6 is 0 Å². The molecule has 0 radical (unpaired) electrons. The largest absolute Gasteiger partial charge is 0.489 e. The third kappa shape index (κ3) is 2.56. The quantitative estimate of drug-likeness (QED) is 0.697. The van der Waals surface area contributed by atoms with Gasteiger partial charge < -0.3 is 14.3 Å². The zero-order chi connectivity index (χ0) is 16.7. The van der Waals surface area contributed by atoms with E-state index in [1.165, 1.54) is 5.57 Å². The number of rotatable bonds is 2. The molecule has 0 atom stereocenters. The first-order valence-corrected chi connectivity index (χ1v) is 7.79. The van der Waals surface area contributed by atoms with Crippen molar-refractivity contribution in [1.29, 1.82) is 0 Å². The van der Waals surface area contributed by atoms with Gasteiger partial charge in [-0.05, 0) is 48.7 Å². The number of carbonyl (C=O) groups is 1. The second-order valence-electron chi connectivity index (χ2n) is 6.03. The van der Waals surface area contributed by atoms with Crippen molar-refractivity contribution in [2.45, 2.75) is 13.3 Å². The molecule has 4 rings (SSSR count). The predicted octanol–water partition coefficient (Wildman–Crippen LogP) is 4.68.